The summed E-state index contributed by atoms with van der Waals surface area (Å²) in [5.41, 5.74) is 1.10. The zero-order chi connectivity index (χ0) is 14.7. The van der Waals surface area contributed by atoms with Crippen LogP contribution in [0.2, 0.25) is 0 Å². The van der Waals surface area contributed by atoms with Gasteiger partial charge in [0.05, 0.1) is 0 Å². The Hall–Kier alpha value is -0.720. The Balaban J connectivity index is 0.00000132. The van der Waals surface area contributed by atoms with Crippen LogP contribution in [-0.4, -0.2) is 54.5 Å². The minimum atomic E-state index is -0.0511. The molecule has 2 aliphatic rings. The van der Waals surface area contributed by atoms with Crippen LogP contribution in [-0.2, 0) is 4.74 Å². The third kappa shape index (κ3) is 4.88. The molecule has 2 saturated heterocycles. The highest BCUT2D eigenvalue weighted by atomic mass is 35.5. The normalized spacial score (nSPS) is 21.0. The predicted molar refractivity (Wildman–Crippen MR) is 95.0 cm³/mol. The molecule has 5 nitrogen and oxygen atoms in total. The Morgan fingerprint density at radius 2 is 1.70 bits per heavy atom. The molecule has 2 fully saturated rings. The summed E-state index contributed by atoms with van der Waals surface area (Å²) in [6.07, 6.45) is 2.10. The molecule has 132 valence electrons. The fraction of sp³-hybridized carbons (Fsp3) is 0.625. The molecule has 2 aliphatic heterocycles. The van der Waals surface area contributed by atoms with Gasteiger partial charge in [0.1, 0.15) is 0 Å². The molecule has 0 bridgehead atoms. The Morgan fingerprint density at radius 3 is 2.30 bits per heavy atom. The molecule has 2 heterocycles. The molecule has 3 rings (SSSR count). The van der Waals surface area contributed by atoms with Gasteiger partial charge < -0.3 is 20.3 Å². The van der Waals surface area contributed by atoms with Crippen LogP contribution in [0, 0.1) is 5.92 Å². The topological polar surface area (TPSA) is 65.0 Å². The number of phenols is 2. The van der Waals surface area contributed by atoms with Crippen molar-refractivity contribution in [2.45, 2.75) is 18.9 Å². The fourth-order valence-corrected chi connectivity index (χ4v) is 3.50. The van der Waals surface area contributed by atoms with Crippen LogP contribution in [0.25, 0.3) is 0 Å². The van der Waals surface area contributed by atoms with Crippen molar-refractivity contribution in [1.82, 2.24) is 10.2 Å². The highest BCUT2D eigenvalue weighted by Crippen LogP contribution is 2.38. The quantitative estimate of drug-likeness (QED) is 0.718. The molecule has 1 atom stereocenters. The van der Waals surface area contributed by atoms with Crippen LogP contribution >= 0.6 is 24.8 Å². The summed E-state index contributed by atoms with van der Waals surface area (Å²) >= 11 is 0. The summed E-state index contributed by atoms with van der Waals surface area (Å²) in [5, 5.41) is 22.8. The van der Waals surface area contributed by atoms with Gasteiger partial charge in [-0.2, -0.15) is 0 Å². The lowest BCUT2D eigenvalue weighted by molar-refractivity contribution is 0.0212. The van der Waals surface area contributed by atoms with Gasteiger partial charge in [-0.15, -0.1) is 24.8 Å². The first-order valence-electron chi connectivity index (χ1n) is 7.80. The van der Waals surface area contributed by atoms with E-state index in [2.05, 4.69) is 10.2 Å². The summed E-state index contributed by atoms with van der Waals surface area (Å²) in [4.78, 5) is 2.50. The van der Waals surface area contributed by atoms with Crippen molar-refractivity contribution in [2.24, 2.45) is 5.92 Å². The van der Waals surface area contributed by atoms with Gasteiger partial charge in [-0.05, 0) is 36.5 Å². The number of rotatable bonds is 3. The van der Waals surface area contributed by atoms with Gasteiger partial charge in [0, 0.05) is 45.4 Å². The van der Waals surface area contributed by atoms with Gasteiger partial charge >= 0.3 is 0 Å². The first-order valence-corrected chi connectivity index (χ1v) is 7.80. The zero-order valence-electron chi connectivity index (χ0n) is 13.1. The van der Waals surface area contributed by atoms with Crippen LogP contribution in [0.4, 0.5) is 0 Å². The number of hydrogen-bond acceptors (Lipinski definition) is 5. The zero-order valence-corrected chi connectivity index (χ0v) is 14.7. The van der Waals surface area contributed by atoms with Gasteiger partial charge in [-0.25, -0.2) is 0 Å². The molecule has 23 heavy (non-hydrogen) atoms. The number of benzene rings is 1. The van der Waals surface area contributed by atoms with Crippen molar-refractivity contribution < 1.29 is 14.9 Å². The maximum Gasteiger partial charge on any atom is 0.157 e. The summed E-state index contributed by atoms with van der Waals surface area (Å²) in [6.45, 7) is 5.68. The molecule has 0 spiro atoms. The number of ether oxygens (including phenoxy) is 1. The second-order valence-corrected chi connectivity index (χ2v) is 5.93. The lowest BCUT2D eigenvalue weighted by Crippen LogP contribution is -2.47. The lowest BCUT2D eigenvalue weighted by atomic mass is 9.85. The van der Waals surface area contributed by atoms with Gasteiger partial charge in [-0.3, -0.25) is 4.90 Å². The minimum absolute atomic E-state index is 0. The van der Waals surface area contributed by atoms with Crippen LogP contribution in [0.3, 0.4) is 0 Å². The van der Waals surface area contributed by atoms with Gasteiger partial charge in [0.15, 0.2) is 11.5 Å². The van der Waals surface area contributed by atoms with E-state index in [0.29, 0.717) is 12.0 Å². The maximum absolute atomic E-state index is 9.84. The van der Waals surface area contributed by atoms with E-state index in [4.69, 9.17) is 4.74 Å². The molecule has 0 aromatic heterocycles. The predicted octanol–water partition coefficient (Wildman–Crippen LogP) is 2.31. The second kappa shape index (κ2) is 9.55. The van der Waals surface area contributed by atoms with E-state index in [9.17, 15) is 10.2 Å². The standard InChI is InChI=1S/C16H24N2O3.2ClH/c19-14-2-1-13(11-15(14)20)16(12-3-9-21-10-4-12)18-7-5-17-6-8-18;;/h1-2,11-12,16-17,19-20H,3-10H2;2*1H/t16-;;/m1../s1. The maximum atomic E-state index is 9.84. The number of halogens is 2. The molecule has 1 aromatic carbocycles. The summed E-state index contributed by atoms with van der Waals surface area (Å²) in [5.74, 6) is 0.463. The molecule has 0 amide bonds. The summed E-state index contributed by atoms with van der Waals surface area (Å²) in [6, 6.07) is 5.55. The van der Waals surface area contributed by atoms with Crippen LogP contribution in [0.5, 0.6) is 11.5 Å². The number of hydrogen-bond donors (Lipinski definition) is 3. The second-order valence-electron chi connectivity index (χ2n) is 5.93. The van der Waals surface area contributed by atoms with E-state index >= 15 is 0 Å². The van der Waals surface area contributed by atoms with Gasteiger partial charge in [0.2, 0.25) is 0 Å². The summed E-state index contributed by atoms with van der Waals surface area (Å²) in [7, 11) is 0. The highest BCUT2D eigenvalue weighted by Gasteiger charge is 2.31. The van der Waals surface area contributed by atoms with Crippen LogP contribution in [0.1, 0.15) is 24.4 Å². The van der Waals surface area contributed by atoms with E-state index in [1.165, 1.54) is 0 Å². The van der Waals surface area contributed by atoms with E-state index in [0.717, 1.165) is 57.8 Å². The molecular formula is C16H26Cl2N2O3. The highest BCUT2D eigenvalue weighted by molar-refractivity contribution is 5.85. The number of nitrogens with one attached hydrogen (secondary N) is 1. The first-order chi connectivity index (χ1) is 10.3. The molecule has 0 radical (unpaired) electrons. The molecule has 3 N–H and O–H groups in total. The SMILES string of the molecule is Cl.Cl.Oc1ccc([C@@H](C2CCOCC2)N2CCNCC2)cc1O. The average molecular weight is 365 g/mol. The summed E-state index contributed by atoms with van der Waals surface area (Å²) < 4.78 is 5.50. The Morgan fingerprint density at radius 1 is 1.04 bits per heavy atom. The Kier molecular flexibility index (Phi) is 8.44. The van der Waals surface area contributed by atoms with Crippen molar-refractivity contribution in [3.63, 3.8) is 0 Å². The number of phenolic OH excluding ortho intramolecular Hbond substituents is 2. The van der Waals surface area contributed by atoms with Gasteiger partial charge in [-0.1, -0.05) is 6.07 Å². The third-order valence-electron chi connectivity index (χ3n) is 4.60. The van der Waals surface area contributed by atoms with Crippen molar-refractivity contribution >= 4 is 24.8 Å². The molecular weight excluding hydrogens is 339 g/mol. The van der Waals surface area contributed by atoms with Crippen LogP contribution < -0.4 is 5.32 Å². The molecule has 0 saturated carbocycles. The van der Waals surface area contributed by atoms with Crippen molar-refractivity contribution in [1.29, 1.82) is 0 Å². The molecule has 0 aliphatic carbocycles. The van der Waals surface area contributed by atoms with E-state index in [1.54, 1.807) is 12.1 Å². The molecule has 0 unspecified atom stereocenters. The third-order valence-corrected chi connectivity index (χ3v) is 4.60. The Labute approximate surface area is 149 Å². The average Bonchev–Trinajstić information content (AvgIpc) is 2.53. The fourth-order valence-electron chi connectivity index (χ4n) is 3.50. The molecule has 7 heteroatoms. The number of nitrogens with zero attached hydrogens (tertiary/aromatic N) is 1. The van der Waals surface area contributed by atoms with Crippen LogP contribution in [0.15, 0.2) is 18.2 Å². The first kappa shape index (κ1) is 20.3. The minimum Gasteiger partial charge on any atom is -0.504 e. The van der Waals surface area contributed by atoms with Crippen molar-refractivity contribution in [3.8, 4) is 11.5 Å². The monoisotopic (exact) mass is 364 g/mol. The smallest absolute Gasteiger partial charge is 0.157 e. The largest absolute Gasteiger partial charge is 0.504 e. The number of piperazine rings is 1. The van der Waals surface area contributed by atoms with Crippen molar-refractivity contribution in [2.75, 3.05) is 39.4 Å². The Bertz CT molecular complexity index is 460. The molecule has 1 aromatic rings. The van der Waals surface area contributed by atoms with E-state index in [-0.39, 0.29) is 36.3 Å². The number of aromatic hydroxyl groups is 2. The van der Waals surface area contributed by atoms with Gasteiger partial charge in [0.25, 0.3) is 0 Å². The van der Waals surface area contributed by atoms with E-state index in [1.807, 2.05) is 6.07 Å². The lowest BCUT2D eigenvalue weighted by Gasteiger charge is -2.41. The van der Waals surface area contributed by atoms with Crippen molar-refractivity contribution in [3.05, 3.63) is 23.8 Å². The van der Waals surface area contributed by atoms with E-state index < -0.39 is 0 Å².